The number of hydrogen-bond acceptors (Lipinski definition) is 5. The van der Waals surface area contributed by atoms with Crippen molar-refractivity contribution in [3.05, 3.63) is 65.0 Å². The minimum Gasteiger partial charge on any atom is -0.481 e. The van der Waals surface area contributed by atoms with E-state index in [9.17, 15) is 18.4 Å². The van der Waals surface area contributed by atoms with Gasteiger partial charge in [-0.2, -0.15) is 8.78 Å². The van der Waals surface area contributed by atoms with Gasteiger partial charge < -0.3 is 14.5 Å². The minimum absolute atomic E-state index is 0.361. The first-order valence-corrected chi connectivity index (χ1v) is 8.85. The quantitative estimate of drug-likeness (QED) is 0.494. The topological polar surface area (TPSA) is 68.5 Å². The molecule has 1 amide bonds. The summed E-state index contributed by atoms with van der Waals surface area (Å²) in [5.41, 5.74) is 0.359. The molecule has 27 heavy (non-hydrogen) atoms. The van der Waals surface area contributed by atoms with Crippen molar-refractivity contribution in [2.75, 3.05) is 5.32 Å². The highest BCUT2D eigenvalue weighted by molar-refractivity contribution is 7.99. The zero-order chi connectivity index (χ0) is 19.4. The molecule has 0 saturated carbocycles. The van der Waals surface area contributed by atoms with E-state index in [1.54, 1.807) is 37.3 Å². The van der Waals surface area contributed by atoms with Gasteiger partial charge >= 0.3 is 5.63 Å². The Hall–Kier alpha value is -2.87. The highest BCUT2D eigenvalue weighted by Gasteiger charge is 2.15. The Morgan fingerprint density at radius 2 is 1.81 bits per heavy atom. The van der Waals surface area contributed by atoms with Gasteiger partial charge in [0.15, 0.2) is 6.10 Å². The second kappa shape index (κ2) is 8.22. The van der Waals surface area contributed by atoms with Crippen LogP contribution in [-0.4, -0.2) is 17.8 Å². The Morgan fingerprint density at radius 3 is 2.52 bits per heavy atom. The van der Waals surface area contributed by atoms with Crippen LogP contribution in [-0.2, 0) is 4.79 Å². The average Bonchev–Trinajstić information content (AvgIpc) is 2.62. The number of alkyl halides is 2. The molecule has 0 aliphatic heterocycles. The molecular weight excluding hydrogens is 376 g/mol. The van der Waals surface area contributed by atoms with Gasteiger partial charge in [0.2, 0.25) is 0 Å². The number of benzene rings is 2. The number of hydrogen-bond donors (Lipinski definition) is 1. The van der Waals surface area contributed by atoms with Crippen molar-refractivity contribution in [3.63, 3.8) is 0 Å². The second-order valence-electron chi connectivity index (χ2n) is 5.61. The van der Waals surface area contributed by atoms with E-state index in [1.165, 1.54) is 24.3 Å². The zero-order valence-corrected chi connectivity index (χ0v) is 15.0. The SMILES string of the molecule is C[C@@H](Oc1ccc2ccc(=O)oc2c1)C(=O)Nc1ccc(SC(F)F)cc1. The number of carbonyl (C=O) groups excluding carboxylic acids is 1. The summed E-state index contributed by atoms with van der Waals surface area (Å²) < 4.78 is 35.3. The molecule has 0 unspecified atom stereocenters. The third-order valence-electron chi connectivity index (χ3n) is 3.62. The van der Waals surface area contributed by atoms with Gasteiger partial charge in [0.1, 0.15) is 11.3 Å². The number of ether oxygens (including phenoxy) is 1. The van der Waals surface area contributed by atoms with Crippen LogP contribution < -0.4 is 15.7 Å². The van der Waals surface area contributed by atoms with Crippen molar-refractivity contribution in [1.82, 2.24) is 0 Å². The third kappa shape index (κ3) is 5.07. The van der Waals surface area contributed by atoms with Crippen LogP contribution in [0, 0.1) is 0 Å². The van der Waals surface area contributed by atoms with Gasteiger partial charge in [-0.25, -0.2) is 4.79 Å². The maximum absolute atomic E-state index is 12.3. The van der Waals surface area contributed by atoms with E-state index in [-0.39, 0.29) is 0 Å². The van der Waals surface area contributed by atoms with Crippen LogP contribution >= 0.6 is 11.8 Å². The number of nitrogens with one attached hydrogen (secondary N) is 1. The highest BCUT2D eigenvalue weighted by Crippen LogP contribution is 2.26. The first-order valence-electron chi connectivity index (χ1n) is 7.97. The fourth-order valence-corrected chi connectivity index (χ4v) is 2.83. The van der Waals surface area contributed by atoms with Crippen molar-refractivity contribution in [2.24, 2.45) is 0 Å². The van der Waals surface area contributed by atoms with E-state index in [0.29, 0.717) is 33.7 Å². The summed E-state index contributed by atoms with van der Waals surface area (Å²) in [5, 5.41) is 3.39. The predicted molar refractivity (Wildman–Crippen MR) is 99.5 cm³/mol. The van der Waals surface area contributed by atoms with Crippen LogP contribution in [0.25, 0.3) is 11.0 Å². The standard InChI is InChI=1S/C19H15F2NO4S/c1-11(18(24)22-13-4-7-15(8-5-13)27-19(20)21)25-14-6-2-12-3-9-17(23)26-16(12)10-14/h2-11,19H,1H3,(H,22,24)/t11-/m1/s1. The maximum Gasteiger partial charge on any atom is 0.336 e. The number of thioether (sulfide) groups is 1. The lowest BCUT2D eigenvalue weighted by Crippen LogP contribution is -2.30. The molecule has 0 fully saturated rings. The summed E-state index contributed by atoms with van der Waals surface area (Å²) in [5.74, 6) is -2.52. The Kier molecular flexibility index (Phi) is 5.75. The molecule has 2 aromatic carbocycles. The van der Waals surface area contributed by atoms with Crippen molar-refractivity contribution in [2.45, 2.75) is 23.7 Å². The van der Waals surface area contributed by atoms with E-state index < -0.39 is 23.4 Å². The molecule has 0 aliphatic carbocycles. The summed E-state index contributed by atoms with van der Waals surface area (Å²) in [6.07, 6.45) is -0.826. The minimum atomic E-state index is -2.50. The molecule has 0 radical (unpaired) electrons. The summed E-state index contributed by atoms with van der Waals surface area (Å²) in [7, 11) is 0. The zero-order valence-electron chi connectivity index (χ0n) is 14.1. The molecule has 0 aliphatic rings. The molecule has 1 heterocycles. The van der Waals surface area contributed by atoms with Crippen LogP contribution in [0.15, 0.2) is 68.7 Å². The van der Waals surface area contributed by atoms with Crippen LogP contribution in [0.5, 0.6) is 5.75 Å². The van der Waals surface area contributed by atoms with Crippen LogP contribution in [0.3, 0.4) is 0 Å². The number of fused-ring (bicyclic) bond motifs is 1. The summed E-state index contributed by atoms with van der Waals surface area (Å²) in [6.45, 7) is 1.57. The van der Waals surface area contributed by atoms with Gasteiger partial charge in [0.25, 0.3) is 11.7 Å². The average molecular weight is 391 g/mol. The monoisotopic (exact) mass is 391 g/mol. The molecule has 8 heteroatoms. The van der Waals surface area contributed by atoms with E-state index >= 15 is 0 Å². The van der Waals surface area contributed by atoms with E-state index in [0.717, 1.165) is 5.39 Å². The molecule has 3 rings (SSSR count). The van der Waals surface area contributed by atoms with Crippen molar-refractivity contribution in [1.29, 1.82) is 0 Å². The molecule has 3 aromatic rings. The predicted octanol–water partition coefficient (Wildman–Crippen LogP) is 4.51. The lowest BCUT2D eigenvalue weighted by atomic mass is 10.2. The normalized spacial score (nSPS) is 12.1. The molecule has 0 spiro atoms. The molecule has 1 atom stereocenters. The Balaban J connectivity index is 1.64. The van der Waals surface area contributed by atoms with Gasteiger partial charge in [0.05, 0.1) is 0 Å². The van der Waals surface area contributed by atoms with Crippen LogP contribution in [0.4, 0.5) is 14.5 Å². The molecule has 0 saturated heterocycles. The fraction of sp³-hybridized carbons (Fsp3) is 0.158. The molecule has 5 nitrogen and oxygen atoms in total. The van der Waals surface area contributed by atoms with Crippen molar-refractivity contribution in [3.8, 4) is 5.75 Å². The highest BCUT2D eigenvalue weighted by atomic mass is 32.2. The summed E-state index contributed by atoms with van der Waals surface area (Å²) in [6, 6.07) is 14.0. The molecule has 1 aromatic heterocycles. The van der Waals surface area contributed by atoms with Crippen molar-refractivity contribution < 1.29 is 22.7 Å². The number of carbonyl (C=O) groups is 1. The number of rotatable bonds is 6. The number of halogens is 2. The van der Waals surface area contributed by atoms with Crippen LogP contribution in [0.2, 0.25) is 0 Å². The van der Waals surface area contributed by atoms with Crippen LogP contribution in [0.1, 0.15) is 6.92 Å². The molecular formula is C19H15F2NO4S. The number of anilines is 1. The lowest BCUT2D eigenvalue weighted by molar-refractivity contribution is -0.122. The fourth-order valence-electron chi connectivity index (χ4n) is 2.34. The van der Waals surface area contributed by atoms with E-state index in [2.05, 4.69) is 5.32 Å². The van der Waals surface area contributed by atoms with Crippen molar-refractivity contribution >= 4 is 34.3 Å². The summed E-state index contributed by atoms with van der Waals surface area (Å²) in [4.78, 5) is 24.0. The largest absolute Gasteiger partial charge is 0.481 e. The molecule has 1 N–H and O–H groups in total. The van der Waals surface area contributed by atoms with Gasteiger partial charge in [-0.05, 0) is 49.4 Å². The Morgan fingerprint density at radius 1 is 1.11 bits per heavy atom. The second-order valence-corrected chi connectivity index (χ2v) is 6.67. The first kappa shape index (κ1) is 18.9. The van der Waals surface area contributed by atoms with Gasteiger partial charge in [-0.15, -0.1) is 0 Å². The Labute approximate surface area is 157 Å². The van der Waals surface area contributed by atoms with Gasteiger partial charge in [0, 0.05) is 28.1 Å². The smallest absolute Gasteiger partial charge is 0.336 e. The Bertz CT molecular complexity index is 1000. The van der Waals surface area contributed by atoms with Gasteiger partial charge in [-0.1, -0.05) is 11.8 Å². The molecule has 0 bridgehead atoms. The van der Waals surface area contributed by atoms with E-state index in [1.807, 2.05) is 0 Å². The lowest BCUT2D eigenvalue weighted by Gasteiger charge is -2.15. The van der Waals surface area contributed by atoms with Gasteiger partial charge in [-0.3, -0.25) is 4.79 Å². The van der Waals surface area contributed by atoms with E-state index in [4.69, 9.17) is 9.15 Å². The number of amides is 1. The first-order chi connectivity index (χ1) is 12.9. The molecule has 140 valence electrons. The maximum atomic E-state index is 12.3. The third-order valence-corrected chi connectivity index (χ3v) is 4.35. The summed E-state index contributed by atoms with van der Waals surface area (Å²) >= 11 is 0.434.